The van der Waals surface area contributed by atoms with Crippen LogP contribution in [0.15, 0.2) is 30.3 Å². The molecule has 2 aromatic carbocycles. The summed E-state index contributed by atoms with van der Waals surface area (Å²) in [5.41, 5.74) is 5.97. The molecule has 0 amide bonds. The van der Waals surface area contributed by atoms with Gasteiger partial charge in [-0.2, -0.15) is 0 Å². The van der Waals surface area contributed by atoms with Crippen LogP contribution in [0.2, 0.25) is 0 Å². The number of nitrogens with zero attached hydrogens (tertiary/aromatic N) is 2. The van der Waals surface area contributed by atoms with Crippen LogP contribution in [0.25, 0.3) is 0 Å². The van der Waals surface area contributed by atoms with Crippen molar-refractivity contribution in [3.63, 3.8) is 0 Å². The van der Waals surface area contributed by atoms with Crippen LogP contribution in [0.5, 0.6) is 0 Å². The zero-order valence-corrected chi connectivity index (χ0v) is 17.6. The van der Waals surface area contributed by atoms with Crippen LogP contribution >= 0.6 is 0 Å². The van der Waals surface area contributed by atoms with Crippen molar-refractivity contribution in [2.45, 2.75) is 70.6 Å². The lowest BCUT2D eigenvalue weighted by atomic mass is 9.93. The van der Waals surface area contributed by atoms with E-state index in [-0.39, 0.29) is 0 Å². The maximum Gasteiger partial charge on any atom is 0.130 e. The van der Waals surface area contributed by atoms with E-state index in [0.717, 1.165) is 24.6 Å². The first-order valence-electron chi connectivity index (χ1n) is 11.0. The van der Waals surface area contributed by atoms with Crippen molar-refractivity contribution >= 4 is 0 Å². The van der Waals surface area contributed by atoms with E-state index in [2.05, 4.69) is 48.8 Å². The van der Waals surface area contributed by atoms with Crippen LogP contribution < -0.4 is 0 Å². The van der Waals surface area contributed by atoms with Gasteiger partial charge >= 0.3 is 0 Å². The Bertz CT molecular complexity index is 939. The molecule has 154 valence electrons. The molecule has 2 nitrogen and oxygen atoms in total. The van der Waals surface area contributed by atoms with E-state index in [1.165, 1.54) is 30.2 Å². The van der Waals surface area contributed by atoms with E-state index >= 15 is 0 Å². The quantitative estimate of drug-likeness (QED) is 0.700. The smallest absolute Gasteiger partial charge is 0.130 e. The van der Waals surface area contributed by atoms with Crippen LogP contribution in [0.1, 0.15) is 67.0 Å². The van der Waals surface area contributed by atoms with Gasteiger partial charge in [0.15, 0.2) is 0 Å². The lowest BCUT2D eigenvalue weighted by Gasteiger charge is -2.34. The molecule has 0 aromatic heterocycles. The molecule has 4 heteroatoms. The van der Waals surface area contributed by atoms with Gasteiger partial charge in [0.25, 0.3) is 0 Å². The van der Waals surface area contributed by atoms with Gasteiger partial charge in [0.2, 0.25) is 0 Å². The minimum absolute atomic E-state index is 0.330. The van der Waals surface area contributed by atoms with Gasteiger partial charge in [-0.1, -0.05) is 18.2 Å². The summed E-state index contributed by atoms with van der Waals surface area (Å²) >= 11 is 0. The third-order valence-corrected chi connectivity index (χ3v) is 7.39. The number of halogens is 2. The minimum Gasteiger partial charge on any atom is -0.296 e. The van der Waals surface area contributed by atoms with E-state index in [9.17, 15) is 8.78 Å². The van der Waals surface area contributed by atoms with Gasteiger partial charge in [0.1, 0.15) is 11.6 Å². The largest absolute Gasteiger partial charge is 0.296 e. The molecular formula is C25H30F2N2. The summed E-state index contributed by atoms with van der Waals surface area (Å²) in [5, 5.41) is 0. The molecule has 2 aliphatic heterocycles. The van der Waals surface area contributed by atoms with Gasteiger partial charge in [-0.25, -0.2) is 8.78 Å². The first-order valence-corrected chi connectivity index (χ1v) is 11.0. The van der Waals surface area contributed by atoms with Crippen LogP contribution in [0, 0.1) is 11.6 Å². The summed E-state index contributed by atoms with van der Waals surface area (Å²) in [6.45, 7) is 9.44. The average molecular weight is 397 g/mol. The Morgan fingerprint density at radius 2 is 1.90 bits per heavy atom. The van der Waals surface area contributed by atoms with E-state index in [0.29, 0.717) is 42.6 Å². The fourth-order valence-electron chi connectivity index (χ4n) is 5.82. The summed E-state index contributed by atoms with van der Waals surface area (Å²) in [6, 6.07) is 11.1. The first kappa shape index (κ1) is 19.2. The molecule has 0 radical (unpaired) electrons. The molecule has 3 aliphatic rings. The molecule has 3 atom stereocenters. The molecule has 1 aliphatic carbocycles. The molecule has 5 rings (SSSR count). The fraction of sp³-hybridized carbons (Fsp3) is 0.520. The lowest BCUT2D eigenvalue weighted by molar-refractivity contribution is 0.186. The number of rotatable bonds is 4. The second-order valence-corrected chi connectivity index (χ2v) is 9.50. The second kappa shape index (κ2) is 7.17. The molecule has 1 fully saturated rings. The number of likely N-dealkylation sites (tertiary alicyclic amines) is 1. The van der Waals surface area contributed by atoms with Crippen molar-refractivity contribution in [3.05, 3.63) is 69.8 Å². The van der Waals surface area contributed by atoms with Gasteiger partial charge in [-0.3, -0.25) is 9.80 Å². The van der Waals surface area contributed by atoms with Crippen molar-refractivity contribution in [1.29, 1.82) is 0 Å². The number of benzene rings is 2. The predicted molar refractivity (Wildman–Crippen MR) is 112 cm³/mol. The van der Waals surface area contributed by atoms with Crippen molar-refractivity contribution < 1.29 is 8.78 Å². The van der Waals surface area contributed by atoms with E-state index in [4.69, 9.17) is 0 Å². The lowest BCUT2D eigenvalue weighted by Crippen LogP contribution is -2.39. The van der Waals surface area contributed by atoms with Crippen LogP contribution in [0.4, 0.5) is 8.78 Å². The highest BCUT2D eigenvalue weighted by Gasteiger charge is 2.43. The van der Waals surface area contributed by atoms with Gasteiger partial charge in [-0.15, -0.1) is 0 Å². The number of hydrogen-bond donors (Lipinski definition) is 0. The maximum atomic E-state index is 14.2. The van der Waals surface area contributed by atoms with E-state index < -0.39 is 11.6 Å². The highest BCUT2D eigenvalue weighted by atomic mass is 19.1. The molecule has 0 spiro atoms. The van der Waals surface area contributed by atoms with Gasteiger partial charge in [0, 0.05) is 49.4 Å². The van der Waals surface area contributed by atoms with E-state index in [1.54, 1.807) is 5.56 Å². The van der Waals surface area contributed by atoms with Crippen molar-refractivity contribution in [2.24, 2.45) is 0 Å². The third-order valence-electron chi connectivity index (χ3n) is 7.39. The Balaban J connectivity index is 1.30. The monoisotopic (exact) mass is 396 g/mol. The molecule has 1 saturated heterocycles. The van der Waals surface area contributed by atoms with Crippen LogP contribution in [-0.4, -0.2) is 35.0 Å². The highest BCUT2D eigenvalue weighted by Crippen LogP contribution is 2.51. The Labute approximate surface area is 172 Å². The molecule has 29 heavy (non-hydrogen) atoms. The average Bonchev–Trinajstić information content (AvgIpc) is 3.27. The van der Waals surface area contributed by atoms with Crippen LogP contribution in [-0.2, 0) is 19.4 Å². The summed E-state index contributed by atoms with van der Waals surface area (Å²) < 4.78 is 27.7. The Morgan fingerprint density at radius 1 is 1.07 bits per heavy atom. The summed E-state index contributed by atoms with van der Waals surface area (Å²) in [7, 11) is 0. The van der Waals surface area contributed by atoms with Crippen molar-refractivity contribution in [2.75, 3.05) is 13.1 Å². The zero-order valence-electron chi connectivity index (χ0n) is 17.6. The molecule has 2 aromatic rings. The Kier molecular flexibility index (Phi) is 4.75. The normalized spacial score (nSPS) is 24.8. The van der Waals surface area contributed by atoms with E-state index in [1.807, 2.05) is 0 Å². The molecule has 2 bridgehead atoms. The first-order chi connectivity index (χ1) is 13.9. The molecular weight excluding hydrogens is 366 g/mol. The number of hydrogen-bond acceptors (Lipinski definition) is 2. The molecule has 2 heterocycles. The Morgan fingerprint density at radius 3 is 2.69 bits per heavy atom. The standard InChI is InChI=1S/C25H30F2N2/c1-15(2)29-13-19-11-25(29)21-5-4-17(9-22(19)21)8-16(3)28-7-6-18-10-20(26)12-24(27)23(18)14-28/h4-5,9-10,12,15-16,19,25H,6-8,11,13-14H2,1-3H3. The Hall–Kier alpha value is -1.78. The SMILES string of the molecule is CC(Cc1ccc2c(c1)C1CC2N(C(C)C)C1)N1CCc2cc(F)cc(F)c2C1. The number of fused-ring (bicyclic) bond motifs is 6. The maximum absolute atomic E-state index is 14.2. The van der Waals surface area contributed by atoms with Crippen molar-refractivity contribution in [3.8, 4) is 0 Å². The van der Waals surface area contributed by atoms with Crippen molar-refractivity contribution in [1.82, 2.24) is 9.80 Å². The summed E-state index contributed by atoms with van der Waals surface area (Å²) in [4.78, 5) is 4.97. The third kappa shape index (κ3) is 3.30. The molecule has 0 N–H and O–H groups in total. The second-order valence-electron chi connectivity index (χ2n) is 9.50. The summed E-state index contributed by atoms with van der Waals surface area (Å²) in [6.07, 6.45) is 2.95. The fourth-order valence-corrected chi connectivity index (χ4v) is 5.82. The molecule has 0 saturated carbocycles. The van der Waals surface area contributed by atoms with Gasteiger partial charge in [0.05, 0.1) is 0 Å². The highest BCUT2D eigenvalue weighted by molar-refractivity contribution is 5.44. The van der Waals surface area contributed by atoms with Crippen LogP contribution in [0.3, 0.4) is 0 Å². The molecule has 3 unspecified atom stereocenters. The van der Waals surface area contributed by atoms with Gasteiger partial charge in [-0.05, 0) is 74.3 Å². The zero-order chi connectivity index (χ0) is 20.3. The van der Waals surface area contributed by atoms with Gasteiger partial charge < -0.3 is 0 Å². The summed E-state index contributed by atoms with van der Waals surface area (Å²) in [5.74, 6) is -0.190. The minimum atomic E-state index is -0.466. The predicted octanol–water partition coefficient (Wildman–Crippen LogP) is 5.21. The topological polar surface area (TPSA) is 6.48 Å².